The first kappa shape index (κ1) is 21.2. The zero-order valence-electron chi connectivity index (χ0n) is 15.8. The van der Waals surface area contributed by atoms with Gasteiger partial charge < -0.3 is 24.8 Å². The highest BCUT2D eigenvalue weighted by atomic mass is 19.4. The summed E-state index contributed by atoms with van der Waals surface area (Å²) in [7, 11) is 4.67. The first-order valence-corrected chi connectivity index (χ1v) is 8.33. The second-order valence-electron chi connectivity index (χ2n) is 5.63. The van der Waals surface area contributed by atoms with Gasteiger partial charge in [0.25, 0.3) is 0 Å². The van der Waals surface area contributed by atoms with E-state index < -0.39 is 12.8 Å². The molecule has 0 bridgehead atoms. The number of ether oxygens (including phenoxy) is 3. The standard InChI is InChI=1S/C19H22F3N3O3/c1-23-18(25-14-8-9-16(26-2)17(10-14)27-3)24-11-13-6-4-5-7-15(13)28-12-19(20,21)22/h4-10H,11-12H2,1-3H3,(H2,23,24,25). The van der Waals surface area contributed by atoms with Crippen LogP contribution >= 0.6 is 0 Å². The lowest BCUT2D eigenvalue weighted by Crippen LogP contribution is -2.30. The largest absolute Gasteiger partial charge is 0.493 e. The van der Waals surface area contributed by atoms with Gasteiger partial charge in [0.15, 0.2) is 24.1 Å². The maximum atomic E-state index is 12.4. The number of hydrogen-bond acceptors (Lipinski definition) is 4. The summed E-state index contributed by atoms with van der Waals surface area (Å²) in [6, 6.07) is 11.8. The molecule has 0 amide bonds. The van der Waals surface area contributed by atoms with Crippen LogP contribution < -0.4 is 24.8 Å². The average Bonchev–Trinajstić information content (AvgIpc) is 2.69. The molecule has 152 valence electrons. The van der Waals surface area contributed by atoms with Gasteiger partial charge in [-0.2, -0.15) is 13.2 Å². The number of alkyl halides is 3. The number of benzene rings is 2. The fourth-order valence-electron chi connectivity index (χ4n) is 2.36. The van der Waals surface area contributed by atoms with Gasteiger partial charge in [-0.05, 0) is 18.2 Å². The number of rotatable bonds is 7. The predicted molar refractivity (Wildman–Crippen MR) is 101 cm³/mol. The molecule has 0 atom stereocenters. The molecule has 2 rings (SSSR count). The molecule has 0 aliphatic rings. The van der Waals surface area contributed by atoms with E-state index in [9.17, 15) is 13.2 Å². The molecule has 0 radical (unpaired) electrons. The second-order valence-corrected chi connectivity index (χ2v) is 5.63. The summed E-state index contributed by atoms with van der Waals surface area (Å²) in [5, 5.41) is 6.13. The molecule has 6 nitrogen and oxygen atoms in total. The minimum atomic E-state index is -4.40. The second kappa shape index (κ2) is 9.72. The minimum Gasteiger partial charge on any atom is -0.493 e. The third-order valence-electron chi connectivity index (χ3n) is 3.68. The van der Waals surface area contributed by atoms with Crippen LogP contribution in [0.2, 0.25) is 0 Å². The first-order chi connectivity index (χ1) is 13.4. The molecule has 0 aromatic heterocycles. The van der Waals surface area contributed by atoms with E-state index in [0.29, 0.717) is 28.7 Å². The van der Waals surface area contributed by atoms with Crippen LogP contribution in [0.1, 0.15) is 5.56 Å². The molecule has 0 spiro atoms. The zero-order valence-corrected chi connectivity index (χ0v) is 15.8. The average molecular weight is 397 g/mol. The van der Waals surface area contributed by atoms with Gasteiger partial charge in [-0.25, -0.2) is 0 Å². The highest BCUT2D eigenvalue weighted by molar-refractivity contribution is 5.93. The fourth-order valence-corrected chi connectivity index (χ4v) is 2.36. The zero-order chi connectivity index (χ0) is 20.6. The van der Waals surface area contributed by atoms with Gasteiger partial charge >= 0.3 is 6.18 Å². The lowest BCUT2D eigenvalue weighted by Gasteiger charge is -2.16. The van der Waals surface area contributed by atoms with Crippen molar-refractivity contribution in [1.82, 2.24) is 5.32 Å². The van der Waals surface area contributed by atoms with Crippen LogP contribution in [0.5, 0.6) is 17.2 Å². The van der Waals surface area contributed by atoms with Gasteiger partial charge in [-0.15, -0.1) is 0 Å². The number of nitrogens with one attached hydrogen (secondary N) is 2. The first-order valence-electron chi connectivity index (χ1n) is 8.33. The van der Waals surface area contributed by atoms with E-state index in [1.165, 1.54) is 13.2 Å². The summed E-state index contributed by atoms with van der Waals surface area (Å²) in [6.07, 6.45) is -4.40. The van der Waals surface area contributed by atoms with E-state index in [-0.39, 0.29) is 12.3 Å². The third kappa shape index (κ3) is 6.26. The van der Waals surface area contributed by atoms with Crippen molar-refractivity contribution in [3.63, 3.8) is 0 Å². The van der Waals surface area contributed by atoms with E-state index in [1.54, 1.807) is 50.6 Å². The van der Waals surface area contributed by atoms with Crippen molar-refractivity contribution in [2.24, 2.45) is 4.99 Å². The quantitative estimate of drug-likeness (QED) is 0.549. The molecule has 2 aromatic rings. The van der Waals surface area contributed by atoms with Gasteiger partial charge in [0, 0.05) is 30.9 Å². The van der Waals surface area contributed by atoms with Gasteiger partial charge in [0.05, 0.1) is 14.2 Å². The van der Waals surface area contributed by atoms with Crippen LogP contribution in [0, 0.1) is 0 Å². The van der Waals surface area contributed by atoms with Crippen molar-refractivity contribution in [2.45, 2.75) is 12.7 Å². The van der Waals surface area contributed by atoms with Gasteiger partial charge in [-0.1, -0.05) is 18.2 Å². The molecule has 2 N–H and O–H groups in total. The molecule has 0 heterocycles. The Kier molecular flexibility index (Phi) is 7.36. The molecule has 0 unspecified atom stereocenters. The summed E-state index contributed by atoms with van der Waals surface area (Å²) in [4.78, 5) is 4.11. The molecule has 0 aliphatic heterocycles. The van der Waals surface area contributed by atoms with Crippen molar-refractivity contribution in [2.75, 3.05) is 33.2 Å². The highest BCUT2D eigenvalue weighted by Gasteiger charge is 2.28. The number of para-hydroxylation sites is 1. The normalized spacial score (nSPS) is 11.7. The van der Waals surface area contributed by atoms with Crippen LogP contribution in [-0.4, -0.2) is 40.0 Å². The summed E-state index contributed by atoms with van der Waals surface area (Å²) >= 11 is 0. The van der Waals surface area contributed by atoms with Crippen molar-refractivity contribution in [3.8, 4) is 17.2 Å². The van der Waals surface area contributed by atoms with Crippen LogP contribution in [0.25, 0.3) is 0 Å². The number of methoxy groups -OCH3 is 2. The van der Waals surface area contributed by atoms with E-state index in [0.717, 1.165) is 0 Å². The third-order valence-corrected chi connectivity index (χ3v) is 3.68. The Morgan fingerprint density at radius 1 is 1.00 bits per heavy atom. The smallest absolute Gasteiger partial charge is 0.422 e. The molecule has 9 heteroatoms. The van der Waals surface area contributed by atoms with Crippen LogP contribution in [-0.2, 0) is 6.54 Å². The molecule has 0 saturated heterocycles. The van der Waals surface area contributed by atoms with Crippen molar-refractivity contribution < 1.29 is 27.4 Å². The molecule has 28 heavy (non-hydrogen) atoms. The van der Waals surface area contributed by atoms with Crippen molar-refractivity contribution in [1.29, 1.82) is 0 Å². The fraction of sp³-hybridized carbons (Fsp3) is 0.316. The summed E-state index contributed by atoms with van der Waals surface area (Å²) in [6.45, 7) is -1.12. The lowest BCUT2D eigenvalue weighted by molar-refractivity contribution is -0.153. The summed E-state index contributed by atoms with van der Waals surface area (Å²) in [5.41, 5.74) is 1.27. The Hall–Kier alpha value is -3.10. The highest BCUT2D eigenvalue weighted by Crippen LogP contribution is 2.29. The van der Waals surface area contributed by atoms with Gasteiger partial charge in [-0.3, -0.25) is 4.99 Å². The SMILES string of the molecule is CN=C(NCc1ccccc1OCC(F)(F)F)Nc1ccc(OC)c(OC)c1. The predicted octanol–water partition coefficient (Wildman–Crippen LogP) is 3.83. The van der Waals surface area contributed by atoms with Crippen molar-refractivity contribution in [3.05, 3.63) is 48.0 Å². The molecular formula is C19H22F3N3O3. The molecular weight excluding hydrogens is 375 g/mol. The maximum absolute atomic E-state index is 12.4. The molecule has 0 fully saturated rings. The van der Waals surface area contributed by atoms with Crippen molar-refractivity contribution >= 4 is 11.6 Å². The van der Waals surface area contributed by atoms with E-state index in [4.69, 9.17) is 14.2 Å². The lowest BCUT2D eigenvalue weighted by atomic mass is 10.2. The van der Waals surface area contributed by atoms with E-state index in [1.807, 2.05) is 0 Å². The topological polar surface area (TPSA) is 64.1 Å². The van der Waals surface area contributed by atoms with E-state index >= 15 is 0 Å². The number of hydrogen-bond donors (Lipinski definition) is 2. The Labute approximate surface area is 161 Å². The minimum absolute atomic E-state index is 0.161. The Morgan fingerprint density at radius 2 is 1.71 bits per heavy atom. The number of aliphatic imine (C=N–C) groups is 1. The molecule has 0 saturated carbocycles. The number of nitrogens with zero attached hydrogens (tertiary/aromatic N) is 1. The Morgan fingerprint density at radius 3 is 2.36 bits per heavy atom. The maximum Gasteiger partial charge on any atom is 0.422 e. The molecule has 2 aromatic carbocycles. The monoisotopic (exact) mass is 397 g/mol. The van der Waals surface area contributed by atoms with E-state index in [2.05, 4.69) is 15.6 Å². The number of guanidine groups is 1. The summed E-state index contributed by atoms with van der Waals surface area (Å²) in [5.74, 6) is 1.73. The number of anilines is 1. The number of halogens is 3. The van der Waals surface area contributed by atoms with Gasteiger partial charge in [0.2, 0.25) is 0 Å². The van der Waals surface area contributed by atoms with Crippen LogP contribution in [0.4, 0.5) is 18.9 Å². The Balaban J connectivity index is 2.03. The summed E-state index contributed by atoms with van der Waals surface area (Å²) < 4.78 is 52.6. The van der Waals surface area contributed by atoms with Gasteiger partial charge in [0.1, 0.15) is 5.75 Å². The molecule has 0 aliphatic carbocycles. The van der Waals surface area contributed by atoms with Crippen LogP contribution in [0.15, 0.2) is 47.5 Å². The Bertz CT molecular complexity index is 810. The van der Waals surface area contributed by atoms with Crippen LogP contribution in [0.3, 0.4) is 0 Å².